The summed E-state index contributed by atoms with van der Waals surface area (Å²) >= 11 is 0. The highest BCUT2D eigenvalue weighted by Gasteiger charge is 2.29. The molecule has 1 aliphatic rings. The predicted molar refractivity (Wildman–Crippen MR) is 118 cm³/mol. The second kappa shape index (κ2) is 8.43. The molecule has 0 fully saturated rings. The highest BCUT2D eigenvalue weighted by Crippen LogP contribution is 2.39. The van der Waals surface area contributed by atoms with Crippen LogP contribution in [-0.2, 0) is 22.3 Å². The SMILES string of the molecule is COc1cc(C(=O)Nc2c3c(nn2-c2ccc(C)cc2)CS(=O)C3)cc(OC)c1OC. The Morgan fingerprint density at radius 3 is 2.26 bits per heavy atom. The van der Waals surface area contributed by atoms with Crippen molar-refractivity contribution in [2.24, 2.45) is 0 Å². The Kier molecular flexibility index (Phi) is 5.69. The van der Waals surface area contributed by atoms with Gasteiger partial charge in [-0.1, -0.05) is 17.7 Å². The van der Waals surface area contributed by atoms with E-state index in [2.05, 4.69) is 10.4 Å². The van der Waals surface area contributed by atoms with Crippen LogP contribution in [0.1, 0.15) is 27.2 Å². The molecule has 0 bridgehead atoms. The van der Waals surface area contributed by atoms with Crippen molar-refractivity contribution in [3.05, 3.63) is 58.8 Å². The maximum Gasteiger partial charge on any atom is 0.257 e. The summed E-state index contributed by atoms with van der Waals surface area (Å²) in [4.78, 5) is 13.2. The molecule has 0 radical (unpaired) electrons. The summed E-state index contributed by atoms with van der Waals surface area (Å²) in [5.41, 5.74) is 3.79. The molecule has 31 heavy (non-hydrogen) atoms. The van der Waals surface area contributed by atoms with E-state index >= 15 is 0 Å². The van der Waals surface area contributed by atoms with Gasteiger partial charge in [-0.25, -0.2) is 4.68 Å². The van der Waals surface area contributed by atoms with E-state index in [-0.39, 0.29) is 5.91 Å². The largest absolute Gasteiger partial charge is 0.493 e. The molecule has 0 aliphatic carbocycles. The van der Waals surface area contributed by atoms with Crippen molar-refractivity contribution in [1.82, 2.24) is 9.78 Å². The van der Waals surface area contributed by atoms with Crippen LogP contribution in [0.3, 0.4) is 0 Å². The molecule has 1 N–H and O–H groups in total. The van der Waals surface area contributed by atoms with Gasteiger partial charge < -0.3 is 19.5 Å². The molecule has 1 unspecified atom stereocenters. The Bertz CT molecular complexity index is 1150. The highest BCUT2D eigenvalue weighted by atomic mass is 32.2. The average Bonchev–Trinajstić information content (AvgIpc) is 3.29. The smallest absolute Gasteiger partial charge is 0.257 e. The number of methoxy groups -OCH3 is 3. The van der Waals surface area contributed by atoms with Crippen molar-refractivity contribution in [3.63, 3.8) is 0 Å². The first-order valence-electron chi connectivity index (χ1n) is 9.59. The lowest BCUT2D eigenvalue weighted by Gasteiger charge is -2.15. The van der Waals surface area contributed by atoms with E-state index in [1.54, 1.807) is 16.8 Å². The Hall–Kier alpha value is -3.33. The standard InChI is InChI=1S/C22H23N3O5S/c1-13-5-7-15(8-6-13)25-21(16-11-31(27)12-17(16)24-25)23-22(26)14-9-18(28-2)20(30-4)19(10-14)29-3/h5-10H,11-12H2,1-4H3,(H,23,26). The molecule has 0 spiro atoms. The summed E-state index contributed by atoms with van der Waals surface area (Å²) in [5, 5.41) is 7.58. The molecular formula is C22H23N3O5S. The summed E-state index contributed by atoms with van der Waals surface area (Å²) in [6.45, 7) is 2.00. The van der Waals surface area contributed by atoms with Gasteiger partial charge in [-0.05, 0) is 31.2 Å². The lowest BCUT2D eigenvalue weighted by atomic mass is 10.1. The number of fused-ring (bicyclic) bond motifs is 1. The Labute approximate surface area is 182 Å². The van der Waals surface area contributed by atoms with E-state index in [0.29, 0.717) is 40.1 Å². The molecular weight excluding hydrogens is 418 g/mol. The Balaban J connectivity index is 1.75. The summed E-state index contributed by atoms with van der Waals surface area (Å²) in [7, 11) is 3.47. The number of amides is 1. The van der Waals surface area contributed by atoms with Gasteiger partial charge in [0.15, 0.2) is 11.5 Å². The van der Waals surface area contributed by atoms with E-state index in [9.17, 15) is 9.00 Å². The number of anilines is 1. The molecule has 3 aromatic rings. The quantitative estimate of drug-likeness (QED) is 0.632. The third-order valence-electron chi connectivity index (χ3n) is 5.11. The van der Waals surface area contributed by atoms with Crippen LogP contribution >= 0.6 is 0 Å². The number of benzene rings is 2. The van der Waals surface area contributed by atoms with Crippen molar-refractivity contribution in [3.8, 4) is 22.9 Å². The van der Waals surface area contributed by atoms with Gasteiger partial charge in [-0.15, -0.1) is 0 Å². The summed E-state index contributed by atoms with van der Waals surface area (Å²) in [6, 6.07) is 11.0. The maximum absolute atomic E-state index is 13.2. The second-order valence-electron chi connectivity index (χ2n) is 7.12. The topological polar surface area (TPSA) is 91.7 Å². The zero-order valence-electron chi connectivity index (χ0n) is 17.7. The summed E-state index contributed by atoms with van der Waals surface area (Å²) < 4.78 is 29.8. The number of rotatable bonds is 6. The number of aryl methyl sites for hydroxylation is 1. The lowest BCUT2D eigenvalue weighted by molar-refractivity contribution is 0.102. The molecule has 1 aromatic heterocycles. The van der Waals surface area contributed by atoms with Crippen LogP contribution in [0.5, 0.6) is 17.2 Å². The molecule has 0 saturated carbocycles. The highest BCUT2D eigenvalue weighted by molar-refractivity contribution is 7.83. The minimum Gasteiger partial charge on any atom is -0.493 e. The number of hydrogen-bond donors (Lipinski definition) is 1. The third kappa shape index (κ3) is 3.88. The molecule has 9 heteroatoms. The van der Waals surface area contributed by atoms with Gasteiger partial charge in [0.1, 0.15) is 5.82 Å². The predicted octanol–water partition coefficient (Wildman–Crippen LogP) is 3.22. The first-order valence-corrected chi connectivity index (χ1v) is 11.1. The van der Waals surface area contributed by atoms with Gasteiger partial charge in [0.05, 0.1) is 44.2 Å². The van der Waals surface area contributed by atoms with Crippen molar-refractivity contribution in [2.75, 3.05) is 26.6 Å². The molecule has 162 valence electrons. The maximum atomic E-state index is 13.2. The Morgan fingerprint density at radius 2 is 1.68 bits per heavy atom. The molecule has 1 aliphatic heterocycles. The number of nitrogens with one attached hydrogen (secondary N) is 1. The molecule has 0 saturated heterocycles. The first kappa shape index (κ1) is 20.9. The van der Waals surface area contributed by atoms with E-state index < -0.39 is 10.8 Å². The minimum absolute atomic E-state index is 0.332. The van der Waals surface area contributed by atoms with Crippen molar-refractivity contribution in [1.29, 1.82) is 0 Å². The number of carbonyl (C=O) groups excluding carboxylic acids is 1. The molecule has 1 amide bonds. The van der Waals surface area contributed by atoms with Gasteiger partial charge in [-0.3, -0.25) is 9.00 Å². The zero-order chi connectivity index (χ0) is 22.1. The first-order chi connectivity index (χ1) is 14.9. The fraction of sp³-hybridized carbons (Fsp3) is 0.273. The average molecular weight is 442 g/mol. The van der Waals surface area contributed by atoms with Crippen LogP contribution in [-0.4, -0.2) is 41.2 Å². The molecule has 2 heterocycles. The fourth-order valence-electron chi connectivity index (χ4n) is 3.52. The molecule has 2 aromatic carbocycles. The summed E-state index contributed by atoms with van der Waals surface area (Å²) in [5.74, 6) is 2.04. The summed E-state index contributed by atoms with van der Waals surface area (Å²) in [6.07, 6.45) is 0. The van der Waals surface area contributed by atoms with E-state index in [0.717, 1.165) is 22.5 Å². The molecule has 8 nitrogen and oxygen atoms in total. The third-order valence-corrected chi connectivity index (χ3v) is 6.31. The van der Waals surface area contributed by atoms with Gasteiger partial charge >= 0.3 is 0 Å². The van der Waals surface area contributed by atoms with Crippen molar-refractivity contribution >= 4 is 22.5 Å². The van der Waals surface area contributed by atoms with Gasteiger partial charge in [0.25, 0.3) is 5.91 Å². The monoisotopic (exact) mass is 441 g/mol. The Morgan fingerprint density at radius 1 is 1.03 bits per heavy atom. The van der Waals surface area contributed by atoms with Crippen molar-refractivity contribution < 1.29 is 23.2 Å². The van der Waals surface area contributed by atoms with Crippen molar-refractivity contribution in [2.45, 2.75) is 18.4 Å². The van der Waals surface area contributed by atoms with E-state index in [4.69, 9.17) is 14.2 Å². The number of nitrogens with zero attached hydrogens (tertiary/aromatic N) is 2. The van der Waals surface area contributed by atoms with Gasteiger partial charge in [0, 0.05) is 21.9 Å². The van der Waals surface area contributed by atoms with E-state index in [1.807, 2.05) is 31.2 Å². The van der Waals surface area contributed by atoms with Crippen LogP contribution in [0.4, 0.5) is 5.82 Å². The van der Waals surface area contributed by atoms with Crippen LogP contribution in [0, 0.1) is 6.92 Å². The van der Waals surface area contributed by atoms with Gasteiger partial charge in [0.2, 0.25) is 5.75 Å². The van der Waals surface area contributed by atoms with Crippen LogP contribution in [0.15, 0.2) is 36.4 Å². The number of ether oxygens (including phenoxy) is 3. The normalized spacial score (nSPS) is 14.8. The zero-order valence-corrected chi connectivity index (χ0v) is 18.5. The van der Waals surface area contributed by atoms with Crippen LogP contribution in [0.25, 0.3) is 5.69 Å². The second-order valence-corrected chi connectivity index (χ2v) is 8.57. The lowest BCUT2D eigenvalue weighted by Crippen LogP contribution is -2.17. The fourth-order valence-corrected chi connectivity index (χ4v) is 4.79. The number of aromatic nitrogens is 2. The number of carbonyl (C=O) groups is 1. The minimum atomic E-state index is -1.02. The molecule has 1 atom stereocenters. The molecule has 4 rings (SSSR count). The van der Waals surface area contributed by atoms with Gasteiger partial charge in [-0.2, -0.15) is 5.10 Å². The number of hydrogen-bond acceptors (Lipinski definition) is 6. The van der Waals surface area contributed by atoms with Crippen LogP contribution < -0.4 is 19.5 Å². The van der Waals surface area contributed by atoms with E-state index in [1.165, 1.54) is 21.3 Å². The van der Waals surface area contributed by atoms with Crippen LogP contribution in [0.2, 0.25) is 0 Å².